The number of hydrogen-bond acceptors (Lipinski definition) is 6. The number of nitriles is 1. The second-order valence-corrected chi connectivity index (χ2v) is 8.17. The standard InChI is InChI=1S/C24H21F3N6O3/c1-13-11-32-21(23(35)33(13)15-5-3-14(4-6-15)30-12-24(25,26)27)18(10-31-32)20-16(22(29)34)7-8-19(36-2)17(20)9-28/h3-8,10,13,30H,11-12H2,1-2H3,(H2,29,34)/t13-/m0/s1. The molecule has 1 aliphatic rings. The highest BCUT2D eigenvalue weighted by atomic mass is 19.4. The molecule has 0 saturated carbocycles. The van der Waals surface area contributed by atoms with Gasteiger partial charge in [0.15, 0.2) is 0 Å². The second kappa shape index (κ2) is 9.26. The van der Waals surface area contributed by atoms with Gasteiger partial charge in [0.1, 0.15) is 29.6 Å². The van der Waals surface area contributed by atoms with Gasteiger partial charge >= 0.3 is 6.18 Å². The Morgan fingerprint density at radius 2 is 1.97 bits per heavy atom. The monoisotopic (exact) mass is 498 g/mol. The highest BCUT2D eigenvalue weighted by Gasteiger charge is 2.36. The zero-order valence-corrected chi connectivity index (χ0v) is 19.3. The van der Waals surface area contributed by atoms with Crippen LogP contribution in [-0.2, 0) is 6.54 Å². The van der Waals surface area contributed by atoms with Crippen molar-refractivity contribution in [1.82, 2.24) is 9.78 Å². The number of fused-ring (bicyclic) bond motifs is 1. The Morgan fingerprint density at radius 1 is 1.28 bits per heavy atom. The first kappa shape index (κ1) is 24.6. The fourth-order valence-electron chi connectivity index (χ4n) is 4.24. The molecule has 0 unspecified atom stereocenters. The van der Waals surface area contributed by atoms with Crippen molar-refractivity contribution in [3.05, 3.63) is 59.4 Å². The summed E-state index contributed by atoms with van der Waals surface area (Å²) in [5.74, 6) is -1.05. The van der Waals surface area contributed by atoms with E-state index in [2.05, 4.69) is 10.4 Å². The molecule has 1 aromatic heterocycles. The molecular weight excluding hydrogens is 477 g/mol. The Balaban J connectivity index is 1.77. The Hall–Kier alpha value is -4.53. The van der Waals surface area contributed by atoms with Crippen LogP contribution >= 0.6 is 0 Å². The lowest BCUT2D eigenvalue weighted by atomic mass is 9.93. The summed E-state index contributed by atoms with van der Waals surface area (Å²) in [6.45, 7) is 0.921. The highest BCUT2D eigenvalue weighted by molar-refractivity contribution is 6.12. The van der Waals surface area contributed by atoms with Crippen molar-refractivity contribution in [1.29, 1.82) is 5.26 Å². The lowest BCUT2D eigenvalue weighted by Crippen LogP contribution is -2.47. The van der Waals surface area contributed by atoms with Crippen molar-refractivity contribution in [2.24, 2.45) is 5.73 Å². The largest absolute Gasteiger partial charge is 0.495 e. The summed E-state index contributed by atoms with van der Waals surface area (Å²) in [6, 6.07) is 10.5. The quantitative estimate of drug-likeness (QED) is 0.535. The van der Waals surface area contributed by atoms with Gasteiger partial charge in [-0.1, -0.05) is 0 Å². The number of nitrogens with zero attached hydrogens (tertiary/aromatic N) is 4. The molecule has 0 fully saturated rings. The van der Waals surface area contributed by atoms with E-state index in [0.717, 1.165) is 0 Å². The molecule has 186 valence electrons. The molecule has 2 heterocycles. The average Bonchev–Trinajstić information content (AvgIpc) is 3.25. The molecule has 0 radical (unpaired) electrons. The number of halogens is 3. The lowest BCUT2D eigenvalue weighted by molar-refractivity contribution is -0.115. The van der Waals surface area contributed by atoms with Crippen LogP contribution in [0, 0.1) is 11.3 Å². The van der Waals surface area contributed by atoms with Gasteiger partial charge in [0, 0.05) is 28.1 Å². The predicted octanol–water partition coefficient (Wildman–Crippen LogP) is 3.55. The van der Waals surface area contributed by atoms with E-state index in [4.69, 9.17) is 10.5 Å². The molecule has 2 aromatic carbocycles. The molecule has 1 atom stereocenters. The summed E-state index contributed by atoms with van der Waals surface area (Å²) in [5, 5.41) is 16.4. The van der Waals surface area contributed by atoms with E-state index in [1.54, 1.807) is 19.1 Å². The minimum Gasteiger partial charge on any atom is -0.495 e. The molecule has 4 rings (SSSR count). The maximum Gasteiger partial charge on any atom is 0.405 e. The number of carbonyl (C=O) groups is 2. The zero-order chi connectivity index (χ0) is 26.2. The minimum atomic E-state index is -4.36. The summed E-state index contributed by atoms with van der Waals surface area (Å²) in [5.41, 5.74) is 6.85. The number of aromatic nitrogens is 2. The SMILES string of the molecule is COc1ccc(C(N)=O)c(-c2cnn3c2C(=O)N(c2ccc(NCC(F)(F)F)cc2)[C@@H](C)C3)c1C#N. The van der Waals surface area contributed by atoms with Gasteiger partial charge in [-0.05, 0) is 43.3 Å². The average molecular weight is 498 g/mol. The Morgan fingerprint density at radius 3 is 2.56 bits per heavy atom. The number of rotatable bonds is 6. The molecule has 3 N–H and O–H groups in total. The number of alkyl halides is 3. The fraction of sp³-hybridized carbons (Fsp3) is 0.250. The van der Waals surface area contributed by atoms with Gasteiger partial charge in [0.05, 0.1) is 25.9 Å². The summed E-state index contributed by atoms with van der Waals surface area (Å²) < 4.78 is 44.3. The topological polar surface area (TPSA) is 126 Å². The molecule has 1 aliphatic heterocycles. The van der Waals surface area contributed by atoms with Gasteiger partial charge in [-0.25, -0.2) is 0 Å². The van der Waals surface area contributed by atoms with Crippen LogP contribution in [0.2, 0.25) is 0 Å². The highest BCUT2D eigenvalue weighted by Crippen LogP contribution is 2.38. The third-order valence-electron chi connectivity index (χ3n) is 5.81. The summed E-state index contributed by atoms with van der Waals surface area (Å²) in [4.78, 5) is 27.4. The van der Waals surface area contributed by atoms with Crippen molar-refractivity contribution in [2.45, 2.75) is 25.7 Å². The number of ether oxygens (including phenoxy) is 1. The molecule has 36 heavy (non-hydrogen) atoms. The number of methoxy groups -OCH3 is 1. The first-order chi connectivity index (χ1) is 17.1. The number of primary amides is 1. The zero-order valence-electron chi connectivity index (χ0n) is 19.3. The van der Waals surface area contributed by atoms with Gasteiger partial charge in [-0.15, -0.1) is 0 Å². The number of nitrogens with two attached hydrogens (primary N) is 1. The van der Waals surface area contributed by atoms with Crippen molar-refractivity contribution in [2.75, 3.05) is 23.9 Å². The van der Waals surface area contributed by atoms with Crippen LogP contribution in [0.1, 0.15) is 33.3 Å². The number of amides is 2. The van der Waals surface area contributed by atoms with E-state index in [9.17, 15) is 28.0 Å². The smallest absolute Gasteiger partial charge is 0.405 e. The molecule has 0 spiro atoms. The minimum absolute atomic E-state index is 0.0289. The van der Waals surface area contributed by atoms with E-state index in [1.165, 1.54) is 47.2 Å². The van der Waals surface area contributed by atoms with Gasteiger partial charge < -0.3 is 20.7 Å². The summed E-state index contributed by atoms with van der Waals surface area (Å²) in [6.07, 6.45) is -2.97. The van der Waals surface area contributed by atoms with Crippen LogP contribution in [0.25, 0.3) is 11.1 Å². The van der Waals surface area contributed by atoms with Crippen molar-refractivity contribution in [3.63, 3.8) is 0 Å². The van der Waals surface area contributed by atoms with Crippen LogP contribution in [-0.4, -0.2) is 47.5 Å². The predicted molar refractivity (Wildman–Crippen MR) is 125 cm³/mol. The molecule has 9 nitrogen and oxygen atoms in total. The maximum atomic E-state index is 13.7. The van der Waals surface area contributed by atoms with E-state index in [-0.39, 0.29) is 45.4 Å². The van der Waals surface area contributed by atoms with E-state index < -0.39 is 24.5 Å². The Kier molecular flexibility index (Phi) is 6.32. The van der Waals surface area contributed by atoms with E-state index in [1.807, 2.05) is 6.07 Å². The van der Waals surface area contributed by atoms with Crippen LogP contribution in [0.4, 0.5) is 24.5 Å². The normalized spacial score (nSPS) is 15.3. The first-order valence-corrected chi connectivity index (χ1v) is 10.8. The summed E-state index contributed by atoms with van der Waals surface area (Å²) in [7, 11) is 1.37. The number of anilines is 2. The summed E-state index contributed by atoms with van der Waals surface area (Å²) >= 11 is 0. The third-order valence-corrected chi connectivity index (χ3v) is 5.81. The Bertz CT molecular complexity index is 1380. The van der Waals surface area contributed by atoms with Gasteiger partial charge in [0.25, 0.3) is 5.91 Å². The molecule has 2 amide bonds. The lowest BCUT2D eigenvalue weighted by Gasteiger charge is -2.34. The number of nitrogens with one attached hydrogen (secondary N) is 1. The number of benzene rings is 2. The van der Waals surface area contributed by atoms with E-state index in [0.29, 0.717) is 12.2 Å². The number of carbonyl (C=O) groups excluding carboxylic acids is 2. The fourth-order valence-corrected chi connectivity index (χ4v) is 4.24. The van der Waals surface area contributed by atoms with Crippen LogP contribution < -0.4 is 20.7 Å². The van der Waals surface area contributed by atoms with Gasteiger partial charge in [0.2, 0.25) is 5.91 Å². The first-order valence-electron chi connectivity index (χ1n) is 10.8. The van der Waals surface area contributed by atoms with Crippen LogP contribution in [0.3, 0.4) is 0 Å². The van der Waals surface area contributed by atoms with Crippen molar-refractivity contribution < 1.29 is 27.5 Å². The molecule has 3 aromatic rings. The maximum absolute atomic E-state index is 13.7. The molecule has 12 heteroatoms. The van der Waals surface area contributed by atoms with Gasteiger partial charge in [-0.3, -0.25) is 14.3 Å². The van der Waals surface area contributed by atoms with Crippen molar-refractivity contribution in [3.8, 4) is 22.9 Å². The molecule has 0 aliphatic carbocycles. The van der Waals surface area contributed by atoms with Crippen LogP contribution in [0.5, 0.6) is 5.75 Å². The van der Waals surface area contributed by atoms with Crippen LogP contribution in [0.15, 0.2) is 42.6 Å². The number of hydrogen-bond donors (Lipinski definition) is 2. The Labute approximate surface area is 203 Å². The molecule has 0 saturated heterocycles. The van der Waals surface area contributed by atoms with E-state index >= 15 is 0 Å². The molecular formula is C24H21F3N6O3. The second-order valence-electron chi connectivity index (χ2n) is 8.17. The molecule has 0 bridgehead atoms. The third kappa shape index (κ3) is 4.43. The van der Waals surface area contributed by atoms with Gasteiger partial charge in [-0.2, -0.15) is 23.5 Å². The van der Waals surface area contributed by atoms with Crippen molar-refractivity contribution >= 4 is 23.2 Å².